The van der Waals surface area contributed by atoms with Gasteiger partial charge < -0.3 is 15.1 Å². The molecule has 0 saturated carbocycles. The van der Waals surface area contributed by atoms with E-state index < -0.39 is 0 Å². The van der Waals surface area contributed by atoms with Crippen LogP contribution in [0, 0.1) is 0 Å². The Bertz CT molecular complexity index is 813. The van der Waals surface area contributed by atoms with Gasteiger partial charge in [-0.2, -0.15) is 0 Å². The van der Waals surface area contributed by atoms with Crippen molar-refractivity contribution in [2.24, 2.45) is 0 Å². The molecule has 2 atom stereocenters. The number of benzene rings is 2. The quantitative estimate of drug-likeness (QED) is 0.723. The van der Waals surface area contributed by atoms with E-state index in [1.807, 2.05) is 85.9 Å². The zero-order valence-corrected chi connectivity index (χ0v) is 14.5. The fourth-order valence-corrected chi connectivity index (χ4v) is 2.87. The third-order valence-corrected chi connectivity index (χ3v) is 4.25. The van der Waals surface area contributed by atoms with Gasteiger partial charge in [0.05, 0.1) is 6.26 Å². The zero-order chi connectivity index (χ0) is 17.6. The number of furan rings is 1. The SMILES string of the molecule is C[C@H]([NH2+][C@H](C)c1ccco1)C(=O)Nc1ccccc1-c1ccccc1. The van der Waals surface area contributed by atoms with Crippen LogP contribution in [0.3, 0.4) is 0 Å². The van der Waals surface area contributed by atoms with E-state index in [2.05, 4.69) is 5.32 Å². The number of carbonyl (C=O) groups is 1. The van der Waals surface area contributed by atoms with Crippen molar-refractivity contribution in [2.45, 2.75) is 25.9 Å². The fraction of sp³-hybridized carbons (Fsp3) is 0.190. The molecule has 3 rings (SSSR count). The summed E-state index contributed by atoms with van der Waals surface area (Å²) in [6.45, 7) is 3.93. The average Bonchev–Trinajstić information content (AvgIpc) is 3.17. The first kappa shape index (κ1) is 17.0. The molecule has 1 aromatic heterocycles. The first-order valence-corrected chi connectivity index (χ1v) is 8.49. The molecule has 4 heteroatoms. The molecule has 0 bridgehead atoms. The van der Waals surface area contributed by atoms with E-state index in [4.69, 9.17) is 4.42 Å². The van der Waals surface area contributed by atoms with Crippen molar-refractivity contribution < 1.29 is 14.5 Å². The summed E-state index contributed by atoms with van der Waals surface area (Å²) >= 11 is 0. The molecule has 25 heavy (non-hydrogen) atoms. The number of quaternary nitrogens is 1. The van der Waals surface area contributed by atoms with Gasteiger partial charge in [0.15, 0.2) is 11.8 Å². The summed E-state index contributed by atoms with van der Waals surface area (Å²) in [7, 11) is 0. The third-order valence-electron chi connectivity index (χ3n) is 4.25. The van der Waals surface area contributed by atoms with Crippen molar-refractivity contribution in [1.29, 1.82) is 0 Å². The molecule has 0 saturated heterocycles. The molecular weight excluding hydrogens is 312 g/mol. The number of para-hydroxylation sites is 1. The van der Waals surface area contributed by atoms with Crippen LogP contribution in [-0.2, 0) is 4.79 Å². The maximum absolute atomic E-state index is 12.6. The number of hydrogen-bond acceptors (Lipinski definition) is 2. The van der Waals surface area contributed by atoms with E-state index in [1.54, 1.807) is 6.26 Å². The number of amides is 1. The summed E-state index contributed by atoms with van der Waals surface area (Å²) in [5.41, 5.74) is 2.92. The molecule has 0 aliphatic carbocycles. The number of hydrogen-bond donors (Lipinski definition) is 2. The van der Waals surface area contributed by atoms with E-state index in [0.29, 0.717) is 0 Å². The Kier molecular flexibility index (Phi) is 5.31. The van der Waals surface area contributed by atoms with Crippen LogP contribution in [0.15, 0.2) is 77.4 Å². The summed E-state index contributed by atoms with van der Waals surface area (Å²) in [6.07, 6.45) is 1.65. The molecule has 0 fully saturated rings. The number of carbonyl (C=O) groups excluding carboxylic acids is 1. The topological polar surface area (TPSA) is 58.9 Å². The normalized spacial score (nSPS) is 13.2. The molecule has 1 heterocycles. The Morgan fingerprint density at radius 3 is 2.40 bits per heavy atom. The van der Waals surface area contributed by atoms with Crippen molar-refractivity contribution in [3.05, 3.63) is 78.8 Å². The first-order valence-electron chi connectivity index (χ1n) is 8.49. The largest absolute Gasteiger partial charge is 0.463 e. The molecular formula is C21H23N2O2+. The second kappa shape index (κ2) is 7.81. The summed E-state index contributed by atoms with van der Waals surface area (Å²) in [6, 6.07) is 21.6. The van der Waals surface area contributed by atoms with Gasteiger partial charge in [-0.1, -0.05) is 48.5 Å². The van der Waals surface area contributed by atoms with Crippen LogP contribution in [0.25, 0.3) is 11.1 Å². The van der Waals surface area contributed by atoms with Crippen LogP contribution in [0.2, 0.25) is 0 Å². The summed E-state index contributed by atoms with van der Waals surface area (Å²) in [5.74, 6) is 0.839. The Hall–Kier alpha value is -2.85. The van der Waals surface area contributed by atoms with Crippen molar-refractivity contribution in [3.63, 3.8) is 0 Å². The second-order valence-electron chi connectivity index (χ2n) is 6.19. The Morgan fingerprint density at radius 1 is 0.960 bits per heavy atom. The maximum Gasteiger partial charge on any atom is 0.282 e. The Balaban J connectivity index is 1.71. The minimum absolute atomic E-state index is 0.0261. The second-order valence-corrected chi connectivity index (χ2v) is 6.19. The molecule has 1 amide bonds. The van der Waals surface area contributed by atoms with E-state index in [1.165, 1.54) is 0 Å². The average molecular weight is 335 g/mol. The Labute approximate surface area is 147 Å². The van der Waals surface area contributed by atoms with Gasteiger partial charge in [-0.15, -0.1) is 0 Å². The van der Waals surface area contributed by atoms with Gasteiger partial charge in [-0.3, -0.25) is 4.79 Å². The van der Waals surface area contributed by atoms with Gasteiger partial charge in [0.2, 0.25) is 0 Å². The van der Waals surface area contributed by atoms with E-state index in [-0.39, 0.29) is 18.0 Å². The van der Waals surface area contributed by atoms with Crippen LogP contribution in [-0.4, -0.2) is 11.9 Å². The highest BCUT2D eigenvalue weighted by atomic mass is 16.3. The lowest BCUT2D eigenvalue weighted by molar-refractivity contribution is -0.711. The highest BCUT2D eigenvalue weighted by molar-refractivity contribution is 5.97. The number of nitrogens with two attached hydrogens (primary N) is 1. The molecule has 0 radical (unpaired) electrons. The molecule has 0 aliphatic rings. The van der Waals surface area contributed by atoms with Crippen LogP contribution < -0.4 is 10.6 Å². The van der Waals surface area contributed by atoms with Gasteiger partial charge >= 0.3 is 0 Å². The van der Waals surface area contributed by atoms with Crippen molar-refractivity contribution >= 4 is 11.6 Å². The number of anilines is 1. The number of rotatable bonds is 6. The zero-order valence-electron chi connectivity index (χ0n) is 14.5. The van der Waals surface area contributed by atoms with E-state index in [9.17, 15) is 4.79 Å². The summed E-state index contributed by atoms with van der Waals surface area (Å²) in [4.78, 5) is 12.6. The summed E-state index contributed by atoms with van der Waals surface area (Å²) < 4.78 is 5.41. The molecule has 3 N–H and O–H groups in total. The van der Waals surface area contributed by atoms with E-state index >= 15 is 0 Å². The molecule has 128 valence electrons. The summed E-state index contributed by atoms with van der Waals surface area (Å²) in [5, 5.41) is 5.06. The van der Waals surface area contributed by atoms with Crippen molar-refractivity contribution in [3.8, 4) is 11.1 Å². The van der Waals surface area contributed by atoms with Crippen LogP contribution in [0.1, 0.15) is 25.6 Å². The van der Waals surface area contributed by atoms with Crippen molar-refractivity contribution in [1.82, 2.24) is 0 Å². The highest BCUT2D eigenvalue weighted by Crippen LogP contribution is 2.27. The lowest BCUT2D eigenvalue weighted by atomic mass is 10.0. The van der Waals surface area contributed by atoms with Crippen LogP contribution >= 0.6 is 0 Å². The van der Waals surface area contributed by atoms with E-state index in [0.717, 1.165) is 22.6 Å². The van der Waals surface area contributed by atoms with Gasteiger partial charge in [-0.05, 0) is 37.6 Å². The molecule has 2 aromatic carbocycles. The highest BCUT2D eigenvalue weighted by Gasteiger charge is 2.22. The van der Waals surface area contributed by atoms with Gasteiger partial charge in [0.25, 0.3) is 5.91 Å². The predicted octanol–water partition coefficient (Wildman–Crippen LogP) is 3.60. The molecule has 0 aliphatic heterocycles. The predicted molar refractivity (Wildman–Crippen MR) is 99.0 cm³/mol. The smallest absolute Gasteiger partial charge is 0.282 e. The Morgan fingerprint density at radius 2 is 1.68 bits per heavy atom. The van der Waals surface area contributed by atoms with Crippen LogP contribution in [0.5, 0.6) is 0 Å². The molecule has 3 aromatic rings. The standard InChI is InChI=1S/C21H22N2O2/c1-15(20-13-8-14-25-20)22-16(2)21(24)23-19-12-7-6-11-18(19)17-9-4-3-5-10-17/h3-16,22H,1-2H3,(H,23,24)/p+1/t15-,16+/m1/s1. The lowest BCUT2D eigenvalue weighted by Crippen LogP contribution is -2.91. The maximum atomic E-state index is 12.6. The molecule has 4 nitrogen and oxygen atoms in total. The lowest BCUT2D eigenvalue weighted by Gasteiger charge is -2.16. The van der Waals surface area contributed by atoms with Gasteiger partial charge in [0, 0.05) is 11.3 Å². The van der Waals surface area contributed by atoms with Crippen LogP contribution in [0.4, 0.5) is 5.69 Å². The van der Waals surface area contributed by atoms with Gasteiger partial charge in [-0.25, -0.2) is 0 Å². The first-order chi connectivity index (χ1) is 12.1. The fourth-order valence-electron chi connectivity index (χ4n) is 2.87. The van der Waals surface area contributed by atoms with Crippen molar-refractivity contribution in [2.75, 3.05) is 5.32 Å². The third kappa shape index (κ3) is 4.17. The minimum atomic E-state index is -0.232. The molecule has 0 spiro atoms. The molecule has 0 unspecified atom stereocenters. The minimum Gasteiger partial charge on any atom is -0.463 e. The van der Waals surface area contributed by atoms with Gasteiger partial charge in [0.1, 0.15) is 6.04 Å². The monoisotopic (exact) mass is 335 g/mol. The number of nitrogens with one attached hydrogen (secondary N) is 1.